The zero-order chi connectivity index (χ0) is 8.55. The quantitative estimate of drug-likeness (QED) is 0.560. The topological polar surface area (TPSA) is 69.2 Å². The van der Waals surface area contributed by atoms with Gasteiger partial charge in [0.1, 0.15) is 5.82 Å². The van der Waals surface area contributed by atoms with Gasteiger partial charge in [0, 0.05) is 19.2 Å². The molecule has 1 fully saturated rings. The maximum absolute atomic E-state index is 10.6. The Morgan fingerprint density at radius 2 is 2.33 bits per heavy atom. The molecule has 0 aliphatic carbocycles. The van der Waals surface area contributed by atoms with Gasteiger partial charge in [0.15, 0.2) is 0 Å². The molecule has 0 radical (unpaired) electrons. The first-order valence-electron chi connectivity index (χ1n) is 3.74. The molecule has 2 rings (SSSR count). The molecule has 5 nitrogen and oxygen atoms in total. The predicted molar refractivity (Wildman–Crippen MR) is 43.1 cm³/mol. The van der Waals surface area contributed by atoms with Gasteiger partial charge in [-0.1, -0.05) is 0 Å². The molecule has 12 heavy (non-hydrogen) atoms. The average molecular weight is 167 g/mol. The second-order valence-corrected chi connectivity index (χ2v) is 2.84. The standard InChI is InChI=1S/C7H9N3O2/c11-5-3-10(4-5)6-1-2-7(12)9-8-6/h1-2,5,11H,3-4H2,(H,9,12). The number of H-pyrrole nitrogens is 1. The lowest BCUT2D eigenvalue weighted by atomic mass is 10.2. The summed E-state index contributed by atoms with van der Waals surface area (Å²) in [6, 6.07) is 3.07. The van der Waals surface area contributed by atoms with E-state index >= 15 is 0 Å². The second-order valence-electron chi connectivity index (χ2n) is 2.84. The van der Waals surface area contributed by atoms with Crippen molar-refractivity contribution in [2.45, 2.75) is 6.10 Å². The summed E-state index contributed by atoms with van der Waals surface area (Å²) < 4.78 is 0. The van der Waals surface area contributed by atoms with Crippen LogP contribution in [-0.4, -0.2) is 34.5 Å². The molecule has 1 aromatic heterocycles. The minimum Gasteiger partial charge on any atom is -0.389 e. The minimum atomic E-state index is -0.251. The van der Waals surface area contributed by atoms with Crippen LogP contribution < -0.4 is 10.5 Å². The fourth-order valence-corrected chi connectivity index (χ4v) is 1.16. The van der Waals surface area contributed by atoms with E-state index in [1.54, 1.807) is 6.07 Å². The number of rotatable bonds is 1. The van der Waals surface area contributed by atoms with Crippen LogP contribution >= 0.6 is 0 Å². The van der Waals surface area contributed by atoms with Crippen molar-refractivity contribution in [1.29, 1.82) is 0 Å². The van der Waals surface area contributed by atoms with Crippen LogP contribution in [0.5, 0.6) is 0 Å². The Balaban J connectivity index is 2.14. The van der Waals surface area contributed by atoms with E-state index in [4.69, 9.17) is 5.11 Å². The zero-order valence-corrected chi connectivity index (χ0v) is 6.40. The minimum absolute atomic E-state index is 0.208. The van der Waals surface area contributed by atoms with E-state index in [0.717, 1.165) is 0 Å². The van der Waals surface area contributed by atoms with Crippen LogP contribution in [-0.2, 0) is 0 Å². The zero-order valence-electron chi connectivity index (χ0n) is 6.40. The Morgan fingerprint density at radius 1 is 1.58 bits per heavy atom. The van der Waals surface area contributed by atoms with Crippen molar-refractivity contribution in [2.75, 3.05) is 18.0 Å². The lowest BCUT2D eigenvalue weighted by molar-refractivity contribution is 0.141. The van der Waals surface area contributed by atoms with Crippen molar-refractivity contribution in [2.24, 2.45) is 0 Å². The highest BCUT2D eigenvalue weighted by Crippen LogP contribution is 2.15. The number of hydrogen-bond acceptors (Lipinski definition) is 4. The smallest absolute Gasteiger partial charge is 0.264 e. The van der Waals surface area contributed by atoms with Gasteiger partial charge in [0.25, 0.3) is 5.56 Å². The van der Waals surface area contributed by atoms with E-state index in [9.17, 15) is 4.79 Å². The van der Waals surface area contributed by atoms with Crippen molar-refractivity contribution >= 4 is 5.82 Å². The molecule has 0 atom stereocenters. The van der Waals surface area contributed by atoms with Gasteiger partial charge in [0.05, 0.1) is 6.10 Å². The Labute approximate surface area is 68.6 Å². The van der Waals surface area contributed by atoms with Crippen LogP contribution in [0, 0.1) is 0 Å². The first kappa shape index (κ1) is 7.30. The predicted octanol–water partition coefficient (Wildman–Crippen LogP) is -1.05. The van der Waals surface area contributed by atoms with Crippen molar-refractivity contribution < 1.29 is 5.11 Å². The number of hydrogen-bond donors (Lipinski definition) is 2. The molecule has 0 unspecified atom stereocenters. The molecule has 0 aromatic carbocycles. The van der Waals surface area contributed by atoms with Crippen LogP contribution in [0.1, 0.15) is 0 Å². The third-order valence-corrected chi connectivity index (χ3v) is 1.85. The summed E-state index contributed by atoms with van der Waals surface area (Å²) in [4.78, 5) is 12.5. The van der Waals surface area contributed by atoms with E-state index < -0.39 is 0 Å². The SMILES string of the molecule is O=c1ccc(N2CC(O)C2)n[nH]1. The molecular formula is C7H9N3O2. The maximum atomic E-state index is 10.6. The molecule has 0 bridgehead atoms. The molecule has 0 saturated carbocycles. The number of aliphatic hydroxyl groups is 1. The van der Waals surface area contributed by atoms with E-state index in [1.165, 1.54) is 6.07 Å². The van der Waals surface area contributed by atoms with Gasteiger partial charge in [-0.25, -0.2) is 5.10 Å². The Morgan fingerprint density at radius 3 is 2.83 bits per heavy atom. The van der Waals surface area contributed by atoms with E-state index in [0.29, 0.717) is 18.9 Å². The van der Waals surface area contributed by atoms with Crippen molar-refractivity contribution in [1.82, 2.24) is 10.2 Å². The van der Waals surface area contributed by atoms with Gasteiger partial charge in [-0.15, -0.1) is 0 Å². The Hall–Kier alpha value is -1.36. The first-order chi connectivity index (χ1) is 5.75. The molecule has 1 aromatic rings. The number of aliphatic hydroxyl groups excluding tert-OH is 1. The highest BCUT2D eigenvalue weighted by atomic mass is 16.3. The molecule has 0 spiro atoms. The molecule has 1 saturated heterocycles. The number of β-amino-alcohol motifs (C(OH)–C–C–N with tert-alkyl or cyclic N) is 1. The summed E-state index contributed by atoms with van der Waals surface area (Å²) in [7, 11) is 0. The molecule has 2 heterocycles. The van der Waals surface area contributed by atoms with Crippen LogP contribution in [0.4, 0.5) is 5.82 Å². The van der Waals surface area contributed by atoms with Gasteiger partial charge in [0.2, 0.25) is 0 Å². The number of aromatic amines is 1. The van der Waals surface area contributed by atoms with Crippen LogP contribution in [0.3, 0.4) is 0 Å². The lowest BCUT2D eigenvalue weighted by Crippen LogP contribution is -2.51. The summed E-state index contributed by atoms with van der Waals surface area (Å²) in [6.45, 7) is 1.19. The van der Waals surface area contributed by atoms with Gasteiger partial charge in [-0.2, -0.15) is 5.10 Å². The van der Waals surface area contributed by atoms with Gasteiger partial charge in [-0.3, -0.25) is 4.79 Å². The largest absolute Gasteiger partial charge is 0.389 e. The van der Waals surface area contributed by atoms with Crippen LogP contribution in [0.15, 0.2) is 16.9 Å². The molecule has 1 aliphatic rings. The van der Waals surface area contributed by atoms with Gasteiger partial charge >= 0.3 is 0 Å². The third-order valence-electron chi connectivity index (χ3n) is 1.85. The molecule has 2 N–H and O–H groups in total. The monoisotopic (exact) mass is 167 g/mol. The van der Waals surface area contributed by atoms with E-state index in [2.05, 4.69) is 10.2 Å². The Bertz CT molecular complexity index is 309. The second kappa shape index (κ2) is 2.60. The fraction of sp³-hybridized carbons (Fsp3) is 0.429. The third kappa shape index (κ3) is 1.18. The van der Waals surface area contributed by atoms with Crippen molar-refractivity contribution in [3.8, 4) is 0 Å². The summed E-state index contributed by atoms with van der Waals surface area (Å²) >= 11 is 0. The van der Waals surface area contributed by atoms with Crippen LogP contribution in [0.2, 0.25) is 0 Å². The summed E-state index contributed by atoms with van der Waals surface area (Å²) in [5.74, 6) is 0.708. The van der Waals surface area contributed by atoms with Crippen LogP contribution in [0.25, 0.3) is 0 Å². The highest BCUT2D eigenvalue weighted by Gasteiger charge is 2.25. The summed E-state index contributed by atoms with van der Waals surface area (Å²) in [6.07, 6.45) is -0.251. The molecule has 5 heteroatoms. The van der Waals surface area contributed by atoms with E-state index in [1.807, 2.05) is 4.90 Å². The summed E-state index contributed by atoms with van der Waals surface area (Å²) in [5, 5.41) is 15.1. The molecular weight excluding hydrogens is 158 g/mol. The maximum Gasteiger partial charge on any atom is 0.264 e. The van der Waals surface area contributed by atoms with Gasteiger partial charge < -0.3 is 10.0 Å². The van der Waals surface area contributed by atoms with Gasteiger partial charge in [-0.05, 0) is 6.07 Å². The normalized spacial score (nSPS) is 17.6. The number of aromatic nitrogens is 2. The molecule has 0 amide bonds. The molecule has 64 valence electrons. The lowest BCUT2D eigenvalue weighted by Gasteiger charge is -2.36. The fourth-order valence-electron chi connectivity index (χ4n) is 1.16. The van der Waals surface area contributed by atoms with E-state index in [-0.39, 0.29) is 11.7 Å². The number of anilines is 1. The highest BCUT2D eigenvalue weighted by molar-refractivity contribution is 5.40. The Kier molecular flexibility index (Phi) is 1.58. The first-order valence-corrected chi connectivity index (χ1v) is 3.74. The number of nitrogens with one attached hydrogen (secondary N) is 1. The van der Waals surface area contributed by atoms with Crippen molar-refractivity contribution in [3.63, 3.8) is 0 Å². The molecule has 1 aliphatic heterocycles. The number of nitrogens with zero attached hydrogens (tertiary/aromatic N) is 2. The summed E-state index contributed by atoms with van der Waals surface area (Å²) in [5.41, 5.74) is -0.208. The average Bonchev–Trinajstić information content (AvgIpc) is 2.01. The van der Waals surface area contributed by atoms with Crippen molar-refractivity contribution in [3.05, 3.63) is 22.5 Å².